The van der Waals surface area contributed by atoms with Gasteiger partial charge >= 0.3 is 0 Å². The lowest BCUT2D eigenvalue weighted by Gasteiger charge is -2.44. The predicted molar refractivity (Wildman–Crippen MR) is 206 cm³/mol. The van der Waals surface area contributed by atoms with E-state index < -0.39 is 55.3 Å². The number of rotatable bonds is 18. The summed E-state index contributed by atoms with van der Waals surface area (Å²) < 4.78 is 52.5. The van der Waals surface area contributed by atoms with Crippen LogP contribution in [0.5, 0.6) is 0 Å². The van der Waals surface area contributed by atoms with Crippen molar-refractivity contribution >= 4 is 0 Å². The Labute approximate surface area is 323 Å². The van der Waals surface area contributed by atoms with Crippen LogP contribution in [-0.2, 0) is 70.9 Å². The first-order valence-electron chi connectivity index (χ1n) is 19.0. The van der Waals surface area contributed by atoms with Crippen LogP contribution >= 0.6 is 0 Å². The highest BCUT2D eigenvalue weighted by atomic mass is 16.8. The lowest BCUT2D eigenvalue weighted by Crippen LogP contribution is -2.60. The molecule has 9 atom stereocenters. The Morgan fingerprint density at radius 1 is 0.436 bits per heavy atom. The number of aliphatic hydroxyl groups excluding tert-OH is 1. The van der Waals surface area contributed by atoms with Crippen LogP contribution in [0, 0.1) is 0 Å². The fourth-order valence-corrected chi connectivity index (χ4v) is 6.96. The Kier molecular flexibility index (Phi) is 14.2. The highest BCUT2D eigenvalue weighted by molar-refractivity contribution is 5.17. The summed E-state index contributed by atoms with van der Waals surface area (Å²) in [7, 11) is 0. The molecule has 1 N–H and O–H groups in total. The molecule has 55 heavy (non-hydrogen) atoms. The van der Waals surface area contributed by atoms with E-state index in [-0.39, 0.29) is 13.2 Å². The molecule has 2 saturated heterocycles. The van der Waals surface area contributed by atoms with Crippen LogP contribution in [0.2, 0.25) is 0 Å². The zero-order chi connectivity index (χ0) is 37.7. The second-order valence-corrected chi connectivity index (χ2v) is 13.9. The summed E-state index contributed by atoms with van der Waals surface area (Å²) in [4.78, 5) is 0. The van der Waals surface area contributed by atoms with Gasteiger partial charge in [0.1, 0.15) is 36.6 Å². The number of ether oxygens (including phenoxy) is 8. The zero-order valence-corrected chi connectivity index (χ0v) is 31.1. The van der Waals surface area contributed by atoms with E-state index >= 15 is 0 Å². The maximum atomic E-state index is 11.4. The van der Waals surface area contributed by atoms with Crippen molar-refractivity contribution in [3.8, 4) is 0 Å². The molecule has 9 heteroatoms. The SMILES string of the molecule is C[C@@H]1O[C@H](O)[C@H](OCc2ccccc2)[C@H](O[C@@H]2O[C@H](COCc3ccccc3)[C@@H](OCc3ccccc3)[C@H]2OCc2ccccc2)[C@H]1OCc1ccccc1. The molecule has 2 aliphatic heterocycles. The lowest BCUT2D eigenvalue weighted by molar-refractivity contribution is -0.333. The lowest BCUT2D eigenvalue weighted by atomic mass is 9.98. The molecule has 0 spiro atoms. The number of hydrogen-bond donors (Lipinski definition) is 1. The first kappa shape index (κ1) is 39.0. The van der Waals surface area contributed by atoms with Crippen molar-refractivity contribution in [1.82, 2.24) is 0 Å². The molecule has 0 aromatic heterocycles. The van der Waals surface area contributed by atoms with E-state index in [2.05, 4.69) is 0 Å². The third-order valence-electron chi connectivity index (χ3n) is 9.84. The summed E-state index contributed by atoms with van der Waals surface area (Å²) in [6, 6.07) is 49.7. The second-order valence-electron chi connectivity index (χ2n) is 13.9. The van der Waals surface area contributed by atoms with Gasteiger partial charge in [0, 0.05) is 0 Å². The quantitative estimate of drug-likeness (QED) is 0.0986. The minimum absolute atomic E-state index is 0.226. The van der Waals surface area contributed by atoms with E-state index in [9.17, 15) is 5.11 Å². The molecule has 0 bridgehead atoms. The van der Waals surface area contributed by atoms with Gasteiger partial charge in [0.25, 0.3) is 0 Å². The van der Waals surface area contributed by atoms with E-state index in [0.29, 0.717) is 26.4 Å². The van der Waals surface area contributed by atoms with Gasteiger partial charge in [-0.05, 0) is 34.7 Å². The summed E-state index contributed by atoms with van der Waals surface area (Å²) in [5, 5.41) is 11.4. The summed E-state index contributed by atoms with van der Waals surface area (Å²) in [5.74, 6) is 0. The van der Waals surface area contributed by atoms with Gasteiger partial charge in [-0.2, -0.15) is 0 Å². The Balaban J connectivity index is 1.18. The summed E-state index contributed by atoms with van der Waals surface area (Å²) in [6.07, 6.45) is -6.96. The minimum Gasteiger partial charge on any atom is -0.374 e. The van der Waals surface area contributed by atoms with Crippen LogP contribution < -0.4 is 0 Å². The van der Waals surface area contributed by atoms with Gasteiger partial charge in [0.2, 0.25) is 0 Å². The standard InChI is InChI=1S/C46H50O9/c1-33-40(49-28-35-19-9-3-10-20-35)42(43(45(47)53-33)51-30-37-23-13-5-14-24-37)55-46-44(52-31-38-25-15-6-16-26-38)41(50-29-36-21-11-4-12-22-36)39(54-46)32-48-27-34-17-7-2-8-18-34/h2-26,33,39-47H,27-32H2,1H3/t33-,39+,40-,41+,42+,43+,44+,45-,46-/m0/s1. The monoisotopic (exact) mass is 746 g/mol. The predicted octanol–water partition coefficient (Wildman–Crippen LogP) is 7.39. The average Bonchev–Trinajstić information content (AvgIpc) is 3.55. The van der Waals surface area contributed by atoms with Gasteiger partial charge in [-0.1, -0.05) is 152 Å². The Morgan fingerprint density at radius 3 is 1.27 bits per heavy atom. The molecule has 0 unspecified atom stereocenters. The van der Waals surface area contributed by atoms with Crippen molar-refractivity contribution in [1.29, 1.82) is 0 Å². The van der Waals surface area contributed by atoms with Crippen LogP contribution in [0.25, 0.3) is 0 Å². The van der Waals surface area contributed by atoms with E-state index in [1.807, 2.05) is 159 Å². The van der Waals surface area contributed by atoms with Crippen molar-refractivity contribution in [2.24, 2.45) is 0 Å². The van der Waals surface area contributed by atoms with Gasteiger partial charge < -0.3 is 43.0 Å². The fraction of sp³-hybridized carbons (Fsp3) is 0.348. The summed E-state index contributed by atoms with van der Waals surface area (Å²) in [6.45, 7) is 3.67. The summed E-state index contributed by atoms with van der Waals surface area (Å²) in [5.41, 5.74) is 5.00. The van der Waals surface area contributed by atoms with E-state index in [1.54, 1.807) is 0 Å². The molecule has 2 heterocycles. The van der Waals surface area contributed by atoms with Gasteiger partial charge in [-0.3, -0.25) is 0 Å². The van der Waals surface area contributed by atoms with E-state index in [0.717, 1.165) is 27.8 Å². The van der Waals surface area contributed by atoms with Gasteiger partial charge in [0.05, 0.1) is 45.7 Å². The third kappa shape index (κ3) is 11.0. The molecule has 2 fully saturated rings. The number of benzene rings is 5. The average molecular weight is 747 g/mol. The first-order valence-corrected chi connectivity index (χ1v) is 19.0. The third-order valence-corrected chi connectivity index (χ3v) is 9.84. The topological polar surface area (TPSA) is 94.1 Å². The Bertz CT molecular complexity index is 1740. The molecule has 288 valence electrons. The molecule has 0 aliphatic carbocycles. The van der Waals surface area contributed by atoms with Crippen LogP contribution in [0.15, 0.2) is 152 Å². The largest absolute Gasteiger partial charge is 0.374 e. The minimum atomic E-state index is -1.29. The highest BCUT2D eigenvalue weighted by Gasteiger charge is 2.53. The molecule has 0 radical (unpaired) electrons. The molecule has 2 aliphatic rings. The molecule has 5 aromatic carbocycles. The van der Waals surface area contributed by atoms with E-state index in [1.165, 1.54) is 0 Å². The van der Waals surface area contributed by atoms with Crippen molar-refractivity contribution in [3.63, 3.8) is 0 Å². The zero-order valence-electron chi connectivity index (χ0n) is 31.1. The van der Waals surface area contributed by atoms with Crippen LogP contribution in [0.3, 0.4) is 0 Å². The smallest absolute Gasteiger partial charge is 0.187 e. The van der Waals surface area contributed by atoms with E-state index in [4.69, 9.17) is 37.9 Å². The molecular weight excluding hydrogens is 696 g/mol. The Morgan fingerprint density at radius 2 is 0.818 bits per heavy atom. The second kappa shape index (κ2) is 20.1. The Hall–Kier alpha value is -4.26. The molecule has 5 aromatic rings. The van der Waals surface area contributed by atoms with Crippen LogP contribution in [0.4, 0.5) is 0 Å². The van der Waals surface area contributed by atoms with Gasteiger partial charge in [0.15, 0.2) is 12.6 Å². The maximum absolute atomic E-state index is 11.4. The molecule has 7 rings (SSSR count). The fourth-order valence-electron chi connectivity index (χ4n) is 6.96. The molecule has 0 amide bonds. The highest BCUT2D eigenvalue weighted by Crippen LogP contribution is 2.35. The van der Waals surface area contributed by atoms with Crippen LogP contribution in [0.1, 0.15) is 34.7 Å². The van der Waals surface area contributed by atoms with Crippen molar-refractivity contribution in [3.05, 3.63) is 179 Å². The van der Waals surface area contributed by atoms with Gasteiger partial charge in [-0.25, -0.2) is 0 Å². The number of aliphatic hydroxyl groups is 1. The van der Waals surface area contributed by atoms with Crippen molar-refractivity contribution < 1.29 is 43.0 Å². The molecule has 0 saturated carbocycles. The van der Waals surface area contributed by atoms with Crippen LogP contribution in [-0.4, -0.2) is 67.0 Å². The maximum Gasteiger partial charge on any atom is 0.187 e. The number of hydrogen-bond acceptors (Lipinski definition) is 9. The first-order chi connectivity index (χ1) is 27.1. The summed E-state index contributed by atoms with van der Waals surface area (Å²) >= 11 is 0. The molecular formula is C46H50O9. The van der Waals surface area contributed by atoms with Gasteiger partial charge in [-0.15, -0.1) is 0 Å². The van der Waals surface area contributed by atoms with Crippen molar-refractivity contribution in [2.75, 3.05) is 6.61 Å². The molecule has 9 nitrogen and oxygen atoms in total. The van der Waals surface area contributed by atoms with Crippen molar-refractivity contribution in [2.45, 2.75) is 95.3 Å². The normalized spacial score (nSPS) is 26.5.